The van der Waals surface area contributed by atoms with Gasteiger partial charge in [-0.25, -0.2) is 4.98 Å². The number of piperazine rings is 1. The number of aromatic nitrogens is 1. The number of amides is 1. The van der Waals surface area contributed by atoms with Crippen molar-refractivity contribution in [2.24, 2.45) is 0 Å². The first-order chi connectivity index (χ1) is 11.8. The molecule has 6 heteroatoms. The Labute approximate surface area is 145 Å². The molecule has 0 spiro atoms. The van der Waals surface area contributed by atoms with Crippen molar-refractivity contribution in [3.05, 3.63) is 45.9 Å². The number of nitrogens with zero attached hydrogens (tertiary/aromatic N) is 2. The quantitative estimate of drug-likeness (QED) is 0.927. The minimum atomic E-state index is -0.0338. The van der Waals surface area contributed by atoms with Crippen molar-refractivity contribution in [2.75, 3.05) is 26.7 Å². The van der Waals surface area contributed by atoms with E-state index in [1.807, 2.05) is 34.5 Å². The smallest absolute Gasteiger partial charge is 0.273 e. The monoisotopic (exact) mass is 343 g/mol. The number of benzene rings is 1. The molecular weight excluding hydrogens is 322 g/mol. The number of para-hydroxylation sites is 1. The normalized spacial score (nSPS) is 20.9. The minimum Gasteiger partial charge on any atom is -0.496 e. The second-order valence-corrected chi connectivity index (χ2v) is 7.20. The minimum absolute atomic E-state index is 0.0237. The van der Waals surface area contributed by atoms with Crippen molar-refractivity contribution < 1.29 is 9.53 Å². The van der Waals surface area contributed by atoms with Crippen molar-refractivity contribution in [1.29, 1.82) is 0 Å². The summed E-state index contributed by atoms with van der Waals surface area (Å²) >= 11 is 1.62. The lowest BCUT2D eigenvalue weighted by atomic mass is 10.0. The lowest BCUT2D eigenvalue weighted by Gasteiger charge is -2.36. The van der Waals surface area contributed by atoms with Gasteiger partial charge in [0.05, 0.1) is 18.2 Å². The van der Waals surface area contributed by atoms with E-state index >= 15 is 0 Å². The van der Waals surface area contributed by atoms with E-state index in [0.717, 1.165) is 29.4 Å². The Kier molecular flexibility index (Phi) is 4.24. The Morgan fingerprint density at radius 1 is 1.38 bits per heavy atom. The number of carbonyl (C=O) groups excluding carboxylic acids is 1. The van der Waals surface area contributed by atoms with Crippen LogP contribution in [0.15, 0.2) is 29.6 Å². The predicted molar refractivity (Wildman–Crippen MR) is 93.7 cm³/mol. The van der Waals surface area contributed by atoms with Gasteiger partial charge in [0.2, 0.25) is 0 Å². The molecule has 2 aromatic rings. The number of carbonyl (C=O) groups is 1. The van der Waals surface area contributed by atoms with Crippen LogP contribution in [0.5, 0.6) is 5.75 Å². The number of ether oxygens (including phenoxy) is 1. The van der Waals surface area contributed by atoms with Crippen molar-refractivity contribution in [2.45, 2.75) is 24.8 Å². The van der Waals surface area contributed by atoms with Crippen molar-refractivity contribution in [1.82, 2.24) is 15.2 Å². The summed E-state index contributed by atoms with van der Waals surface area (Å²) in [6.45, 7) is 2.21. The van der Waals surface area contributed by atoms with Crippen LogP contribution in [-0.2, 0) is 0 Å². The second-order valence-electron chi connectivity index (χ2n) is 6.31. The highest BCUT2D eigenvalue weighted by molar-refractivity contribution is 7.10. The summed E-state index contributed by atoms with van der Waals surface area (Å²) in [7, 11) is 1.67. The molecule has 4 rings (SSSR count). The van der Waals surface area contributed by atoms with Gasteiger partial charge in [-0.3, -0.25) is 4.79 Å². The van der Waals surface area contributed by atoms with Gasteiger partial charge < -0.3 is 15.0 Å². The highest BCUT2D eigenvalue weighted by Gasteiger charge is 2.33. The number of rotatable bonds is 4. The molecule has 126 valence electrons. The van der Waals surface area contributed by atoms with E-state index in [0.29, 0.717) is 18.2 Å². The van der Waals surface area contributed by atoms with Crippen LogP contribution < -0.4 is 10.1 Å². The SMILES string of the molecule is COc1ccccc1C1CNCCN1C(=O)c1csc(C2CC2)n1. The molecule has 2 fully saturated rings. The van der Waals surface area contributed by atoms with E-state index in [-0.39, 0.29) is 11.9 Å². The van der Waals surface area contributed by atoms with Gasteiger partial charge in [-0.1, -0.05) is 18.2 Å². The summed E-state index contributed by atoms with van der Waals surface area (Å²) in [6, 6.07) is 7.89. The zero-order valence-electron chi connectivity index (χ0n) is 13.7. The fraction of sp³-hybridized carbons (Fsp3) is 0.444. The lowest BCUT2D eigenvalue weighted by Crippen LogP contribution is -2.48. The molecule has 0 bridgehead atoms. The van der Waals surface area contributed by atoms with Crippen molar-refractivity contribution in [3.8, 4) is 5.75 Å². The first-order valence-corrected chi connectivity index (χ1v) is 9.26. The third-order valence-electron chi connectivity index (χ3n) is 4.67. The van der Waals surface area contributed by atoms with Crippen LogP contribution in [0.3, 0.4) is 0 Å². The van der Waals surface area contributed by atoms with Crippen LogP contribution in [0.4, 0.5) is 0 Å². The van der Waals surface area contributed by atoms with Crippen LogP contribution >= 0.6 is 11.3 Å². The van der Waals surface area contributed by atoms with Crippen LogP contribution in [0.1, 0.15) is 45.9 Å². The van der Waals surface area contributed by atoms with Gasteiger partial charge in [-0.15, -0.1) is 11.3 Å². The van der Waals surface area contributed by atoms with Gasteiger partial charge in [0, 0.05) is 36.5 Å². The zero-order valence-corrected chi connectivity index (χ0v) is 14.5. The van der Waals surface area contributed by atoms with Crippen LogP contribution in [0, 0.1) is 0 Å². The Morgan fingerprint density at radius 3 is 3.00 bits per heavy atom. The molecule has 1 saturated heterocycles. The molecule has 5 nitrogen and oxygen atoms in total. The van der Waals surface area contributed by atoms with Crippen LogP contribution in [0.2, 0.25) is 0 Å². The van der Waals surface area contributed by atoms with Gasteiger partial charge in [0.25, 0.3) is 5.91 Å². The number of methoxy groups -OCH3 is 1. The van der Waals surface area contributed by atoms with E-state index in [9.17, 15) is 4.79 Å². The van der Waals surface area contributed by atoms with Gasteiger partial charge in [-0.2, -0.15) is 0 Å². The van der Waals surface area contributed by atoms with Gasteiger partial charge in [0.1, 0.15) is 11.4 Å². The largest absolute Gasteiger partial charge is 0.496 e. The standard InChI is InChI=1S/C18H21N3O2S/c1-23-16-5-3-2-4-13(16)15-10-19-8-9-21(15)18(22)14-11-24-17(20-14)12-6-7-12/h2-5,11-12,15,19H,6-10H2,1H3. The molecular formula is C18H21N3O2S. The molecule has 1 N–H and O–H groups in total. The fourth-order valence-corrected chi connectivity index (χ4v) is 4.18. The van der Waals surface area contributed by atoms with Gasteiger partial charge in [-0.05, 0) is 18.9 Å². The summed E-state index contributed by atoms with van der Waals surface area (Å²) in [6.07, 6.45) is 2.41. The number of thiazole rings is 1. The Hall–Kier alpha value is -1.92. The number of hydrogen-bond donors (Lipinski definition) is 1. The molecule has 2 aliphatic rings. The third kappa shape index (κ3) is 2.91. The summed E-state index contributed by atoms with van der Waals surface area (Å²) in [5, 5.41) is 6.41. The lowest BCUT2D eigenvalue weighted by molar-refractivity contribution is 0.0626. The van der Waals surface area contributed by atoms with Crippen molar-refractivity contribution in [3.63, 3.8) is 0 Å². The van der Waals surface area contributed by atoms with Gasteiger partial charge >= 0.3 is 0 Å². The first-order valence-electron chi connectivity index (χ1n) is 8.38. The average molecular weight is 343 g/mol. The average Bonchev–Trinajstić information content (AvgIpc) is 3.38. The van der Waals surface area contributed by atoms with E-state index in [1.165, 1.54) is 12.8 Å². The van der Waals surface area contributed by atoms with E-state index in [1.54, 1.807) is 18.4 Å². The molecule has 1 aromatic carbocycles. The molecule has 1 aliphatic carbocycles. The van der Waals surface area contributed by atoms with E-state index in [2.05, 4.69) is 10.3 Å². The summed E-state index contributed by atoms with van der Waals surface area (Å²) in [5.41, 5.74) is 1.63. The Bertz CT molecular complexity index is 741. The molecule has 1 aromatic heterocycles. The zero-order chi connectivity index (χ0) is 16.5. The maximum absolute atomic E-state index is 13.0. The fourth-order valence-electron chi connectivity index (χ4n) is 3.22. The molecule has 1 aliphatic heterocycles. The second kappa shape index (κ2) is 6.53. The maximum atomic E-state index is 13.0. The number of nitrogens with one attached hydrogen (secondary N) is 1. The highest BCUT2D eigenvalue weighted by Crippen LogP contribution is 2.41. The predicted octanol–water partition coefficient (Wildman–Crippen LogP) is 2.82. The molecule has 1 unspecified atom stereocenters. The topological polar surface area (TPSA) is 54.5 Å². The molecule has 1 atom stereocenters. The molecule has 1 saturated carbocycles. The summed E-state index contributed by atoms with van der Waals surface area (Å²) < 4.78 is 5.50. The van der Waals surface area contributed by atoms with Crippen molar-refractivity contribution >= 4 is 17.2 Å². The van der Waals surface area contributed by atoms with Crippen LogP contribution in [0.25, 0.3) is 0 Å². The molecule has 1 amide bonds. The van der Waals surface area contributed by atoms with Crippen LogP contribution in [-0.4, -0.2) is 42.5 Å². The third-order valence-corrected chi connectivity index (χ3v) is 5.68. The number of hydrogen-bond acceptors (Lipinski definition) is 5. The Morgan fingerprint density at radius 2 is 2.21 bits per heavy atom. The first kappa shape index (κ1) is 15.6. The molecule has 24 heavy (non-hydrogen) atoms. The van der Waals surface area contributed by atoms with E-state index in [4.69, 9.17) is 4.74 Å². The molecule has 2 heterocycles. The summed E-state index contributed by atoms with van der Waals surface area (Å²) in [4.78, 5) is 19.6. The summed E-state index contributed by atoms with van der Waals surface area (Å²) in [5.74, 6) is 1.43. The van der Waals surface area contributed by atoms with E-state index < -0.39 is 0 Å². The highest BCUT2D eigenvalue weighted by atomic mass is 32.1. The molecule has 0 radical (unpaired) electrons. The van der Waals surface area contributed by atoms with Gasteiger partial charge in [0.15, 0.2) is 0 Å². The maximum Gasteiger partial charge on any atom is 0.273 e. The Balaban J connectivity index is 1.62.